The van der Waals surface area contributed by atoms with E-state index in [9.17, 15) is 0 Å². The molecule has 21 heavy (non-hydrogen) atoms. The lowest BCUT2D eigenvalue weighted by Crippen LogP contribution is -2.02. The quantitative estimate of drug-likeness (QED) is 0.873. The molecule has 0 bridgehead atoms. The number of aryl methyl sites for hydroxylation is 1. The van der Waals surface area contributed by atoms with Gasteiger partial charge in [0.2, 0.25) is 0 Å². The van der Waals surface area contributed by atoms with Crippen LogP contribution in [0.4, 0.5) is 5.69 Å². The van der Waals surface area contributed by atoms with E-state index in [0.717, 1.165) is 22.4 Å². The second kappa shape index (κ2) is 6.19. The number of nitrogen functional groups attached to an aromatic ring is 1. The first kappa shape index (κ1) is 14.7. The van der Waals surface area contributed by atoms with Crippen LogP contribution in [-0.2, 0) is 6.61 Å². The monoisotopic (exact) mass is 282 g/mol. The van der Waals surface area contributed by atoms with Crippen LogP contribution in [0.3, 0.4) is 0 Å². The van der Waals surface area contributed by atoms with Crippen LogP contribution >= 0.6 is 0 Å². The number of methoxy groups -OCH3 is 1. The summed E-state index contributed by atoms with van der Waals surface area (Å²) in [6.07, 6.45) is 0. The molecule has 0 amide bonds. The van der Waals surface area contributed by atoms with Crippen LogP contribution in [0.5, 0.6) is 11.5 Å². The van der Waals surface area contributed by atoms with Gasteiger partial charge in [-0.05, 0) is 43.2 Å². The van der Waals surface area contributed by atoms with E-state index in [0.29, 0.717) is 23.6 Å². The van der Waals surface area contributed by atoms with Gasteiger partial charge in [0.05, 0.1) is 12.7 Å². The summed E-state index contributed by atoms with van der Waals surface area (Å²) in [7, 11) is 1.55. The summed E-state index contributed by atoms with van der Waals surface area (Å²) in [4.78, 5) is 0. The molecule has 0 radical (unpaired) electrons. The van der Waals surface area contributed by atoms with Crippen LogP contribution in [-0.4, -0.2) is 7.11 Å². The highest BCUT2D eigenvalue weighted by Crippen LogP contribution is 2.29. The minimum atomic E-state index is 0.396. The molecule has 0 spiro atoms. The predicted octanol–water partition coefficient (Wildman–Crippen LogP) is 3.34. The molecule has 0 saturated carbocycles. The third-order valence-electron chi connectivity index (χ3n) is 3.41. The van der Waals surface area contributed by atoms with Crippen LogP contribution in [0.25, 0.3) is 0 Å². The number of nitriles is 1. The smallest absolute Gasteiger partial charge is 0.137 e. The van der Waals surface area contributed by atoms with E-state index in [1.807, 2.05) is 38.1 Å². The summed E-state index contributed by atoms with van der Waals surface area (Å²) in [5, 5.41) is 8.98. The third kappa shape index (κ3) is 3.09. The van der Waals surface area contributed by atoms with Crippen molar-refractivity contribution in [3.63, 3.8) is 0 Å². The number of hydrogen-bond acceptors (Lipinski definition) is 4. The first-order chi connectivity index (χ1) is 10.1. The molecule has 4 heteroatoms. The van der Waals surface area contributed by atoms with Crippen LogP contribution in [0.2, 0.25) is 0 Å². The third-order valence-corrected chi connectivity index (χ3v) is 3.41. The number of hydrogen-bond donors (Lipinski definition) is 1. The van der Waals surface area contributed by atoms with Crippen molar-refractivity contribution in [2.45, 2.75) is 20.5 Å². The number of nitrogens with zero attached hydrogens (tertiary/aromatic N) is 1. The van der Waals surface area contributed by atoms with E-state index in [1.54, 1.807) is 13.2 Å². The van der Waals surface area contributed by atoms with E-state index in [4.69, 9.17) is 20.5 Å². The summed E-state index contributed by atoms with van der Waals surface area (Å²) >= 11 is 0. The van der Waals surface area contributed by atoms with Crippen molar-refractivity contribution in [3.05, 3.63) is 52.6 Å². The Balaban J connectivity index is 2.21. The zero-order chi connectivity index (χ0) is 15.4. The first-order valence-corrected chi connectivity index (χ1v) is 6.62. The number of nitrogens with two attached hydrogens (primary N) is 1. The molecule has 2 N–H and O–H groups in total. The van der Waals surface area contributed by atoms with E-state index >= 15 is 0 Å². The molecule has 2 rings (SSSR count). The van der Waals surface area contributed by atoms with Gasteiger partial charge in [-0.2, -0.15) is 5.26 Å². The average Bonchev–Trinajstić information content (AvgIpc) is 2.50. The Morgan fingerprint density at radius 1 is 1.19 bits per heavy atom. The van der Waals surface area contributed by atoms with Gasteiger partial charge in [0.1, 0.15) is 24.2 Å². The Labute approximate surface area is 124 Å². The molecule has 0 saturated heterocycles. The summed E-state index contributed by atoms with van der Waals surface area (Å²) in [6, 6.07) is 11.3. The standard InChI is InChI=1S/C17H18N2O2/c1-11-4-7-15(19)12(2)17(11)21-10-13-5-6-14(9-18)16(8-13)20-3/h4-8H,10,19H2,1-3H3. The van der Waals surface area contributed by atoms with Crippen molar-refractivity contribution in [2.24, 2.45) is 0 Å². The highest BCUT2D eigenvalue weighted by atomic mass is 16.5. The Morgan fingerprint density at radius 3 is 2.62 bits per heavy atom. The van der Waals surface area contributed by atoms with E-state index < -0.39 is 0 Å². The normalized spacial score (nSPS) is 10.0. The molecular formula is C17H18N2O2. The molecule has 0 fully saturated rings. The lowest BCUT2D eigenvalue weighted by Gasteiger charge is -2.14. The molecule has 0 aliphatic carbocycles. The van der Waals surface area contributed by atoms with Crippen LogP contribution < -0.4 is 15.2 Å². The van der Waals surface area contributed by atoms with Crippen molar-refractivity contribution in [3.8, 4) is 17.6 Å². The molecule has 0 atom stereocenters. The number of rotatable bonds is 4. The van der Waals surface area contributed by atoms with Gasteiger partial charge in [0.25, 0.3) is 0 Å². The maximum Gasteiger partial charge on any atom is 0.137 e. The Morgan fingerprint density at radius 2 is 1.95 bits per heavy atom. The molecule has 2 aromatic carbocycles. The van der Waals surface area contributed by atoms with E-state index in [1.165, 1.54) is 0 Å². The zero-order valence-corrected chi connectivity index (χ0v) is 12.4. The zero-order valence-electron chi connectivity index (χ0n) is 12.4. The van der Waals surface area contributed by atoms with Gasteiger partial charge in [-0.15, -0.1) is 0 Å². The molecule has 2 aromatic rings. The van der Waals surface area contributed by atoms with Crippen molar-refractivity contribution >= 4 is 5.69 Å². The van der Waals surface area contributed by atoms with Crippen LogP contribution in [0, 0.1) is 25.2 Å². The lowest BCUT2D eigenvalue weighted by atomic mass is 10.1. The maximum atomic E-state index is 8.98. The molecule has 0 unspecified atom stereocenters. The van der Waals surface area contributed by atoms with Gasteiger partial charge in [-0.1, -0.05) is 12.1 Å². The highest BCUT2D eigenvalue weighted by Gasteiger charge is 2.09. The Hall–Kier alpha value is -2.67. The summed E-state index contributed by atoms with van der Waals surface area (Å²) in [5.74, 6) is 1.36. The molecule has 0 heterocycles. The van der Waals surface area contributed by atoms with E-state index in [2.05, 4.69) is 6.07 Å². The SMILES string of the molecule is COc1cc(COc2c(C)ccc(N)c2C)ccc1C#N. The summed E-state index contributed by atoms with van der Waals surface area (Å²) in [5.41, 5.74) is 10.1. The minimum Gasteiger partial charge on any atom is -0.495 e. The molecule has 108 valence electrons. The van der Waals surface area contributed by atoms with Crippen molar-refractivity contribution in [2.75, 3.05) is 12.8 Å². The fourth-order valence-electron chi connectivity index (χ4n) is 2.14. The fraction of sp³-hybridized carbons (Fsp3) is 0.235. The number of ether oxygens (including phenoxy) is 2. The first-order valence-electron chi connectivity index (χ1n) is 6.62. The number of benzene rings is 2. The molecule has 0 aliphatic rings. The highest BCUT2D eigenvalue weighted by molar-refractivity contribution is 5.56. The van der Waals surface area contributed by atoms with Gasteiger partial charge < -0.3 is 15.2 Å². The second-order valence-corrected chi connectivity index (χ2v) is 4.86. The fourth-order valence-corrected chi connectivity index (χ4v) is 2.14. The molecule has 0 aromatic heterocycles. The van der Waals surface area contributed by atoms with Crippen molar-refractivity contribution in [1.82, 2.24) is 0 Å². The minimum absolute atomic E-state index is 0.396. The predicted molar refractivity (Wildman–Crippen MR) is 82.4 cm³/mol. The summed E-state index contributed by atoms with van der Waals surface area (Å²) < 4.78 is 11.1. The van der Waals surface area contributed by atoms with Crippen LogP contribution in [0.1, 0.15) is 22.3 Å². The van der Waals surface area contributed by atoms with Crippen molar-refractivity contribution in [1.29, 1.82) is 5.26 Å². The van der Waals surface area contributed by atoms with Gasteiger partial charge in [-0.3, -0.25) is 0 Å². The Bertz CT molecular complexity index is 703. The lowest BCUT2D eigenvalue weighted by molar-refractivity contribution is 0.301. The van der Waals surface area contributed by atoms with Gasteiger partial charge >= 0.3 is 0 Å². The van der Waals surface area contributed by atoms with Crippen LogP contribution in [0.15, 0.2) is 30.3 Å². The second-order valence-electron chi connectivity index (χ2n) is 4.86. The maximum absolute atomic E-state index is 8.98. The van der Waals surface area contributed by atoms with E-state index in [-0.39, 0.29) is 0 Å². The van der Waals surface area contributed by atoms with Gasteiger partial charge in [0, 0.05) is 11.3 Å². The molecular weight excluding hydrogens is 264 g/mol. The largest absolute Gasteiger partial charge is 0.495 e. The van der Waals surface area contributed by atoms with Crippen molar-refractivity contribution < 1.29 is 9.47 Å². The average molecular weight is 282 g/mol. The summed E-state index contributed by atoms with van der Waals surface area (Å²) in [6.45, 7) is 4.32. The molecule has 0 aliphatic heterocycles. The Kier molecular flexibility index (Phi) is 4.34. The van der Waals surface area contributed by atoms with Gasteiger partial charge in [0.15, 0.2) is 0 Å². The number of anilines is 1. The topological polar surface area (TPSA) is 68.3 Å². The van der Waals surface area contributed by atoms with Gasteiger partial charge in [-0.25, -0.2) is 0 Å². The molecule has 4 nitrogen and oxygen atoms in total.